The van der Waals surface area contributed by atoms with Crippen molar-refractivity contribution >= 4 is 16.8 Å². The SMILES string of the molecule is CC(=O)N1CC(C)(C)c2c([nH]c3ccccc23)C1c1cccc(F)c1. The number of nitrogens with one attached hydrogen (secondary N) is 1. The fourth-order valence-electron chi connectivity index (χ4n) is 4.17. The molecule has 3 aromatic rings. The van der Waals surface area contributed by atoms with Crippen LogP contribution < -0.4 is 0 Å². The van der Waals surface area contributed by atoms with Crippen LogP contribution in [0.4, 0.5) is 4.39 Å². The molecule has 0 fully saturated rings. The van der Waals surface area contributed by atoms with Crippen molar-refractivity contribution in [1.29, 1.82) is 0 Å². The molecule has 1 amide bonds. The second-order valence-electron chi connectivity index (χ2n) is 7.45. The number of benzene rings is 2. The summed E-state index contributed by atoms with van der Waals surface area (Å²) in [6, 6.07) is 14.4. The van der Waals surface area contributed by atoms with Gasteiger partial charge in [0, 0.05) is 35.5 Å². The average Bonchev–Trinajstić information content (AvgIpc) is 2.94. The molecule has 3 nitrogen and oxygen atoms in total. The molecule has 0 saturated carbocycles. The predicted molar refractivity (Wildman–Crippen MR) is 97.0 cm³/mol. The Hall–Kier alpha value is -2.62. The summed E-state index contributed by atoms with van der Waals surface area (Å²) >= 11 is 0. The molecule has 0 radical (unpaired) electrons. The van der Waals surface area contributed by atoms with E-state index in [-0.39, 0.29) is 23.2 Å². The second kappa shape index (κ2) is 5.45. The number of halogens is 1. The lowest BCUT2D eigenvalue weighted by atomic mass is 9.76. The molecule has 1 aromatic heterocycles. The Morgan fingerprint density at radius 3 is 2.68 bits per heavy atom. The highest BCUT2D eigenvalue weighted by atomic mass is 19.1. The Morgan fingerprint density at radius 1 is 1.20 bits per heavy atom. The van der Waals surface area contributed by atoms with Crippen molar-refractivity contribution in [2.24, 2.45) is 0 Å². The summed E-state index contributed by atoms with van der Waals surface area (Å²) in [7, 11) is 0. The minimum absolute atomic E-state index is 0.00774. The number of aromatic nitrogens is 1. The van der Waals surface area contributed by atoms with Crippen LogP contribution in [0.2, 0.25) is 0 Å². The van der Waals surface area contributed by atoms with Crippen molar-refractivity contribution in [3.05, 3.63) is 71.2 Å². The van der Waals surface area contributed by atoms with Crippen LogP contribution in [0.25, 0.3) is 10.9 Å². The van der Waals surface area contributed by atoms with Gasteiger partial charge in [-0.2, -0.15) is 0 Å². The first-order valence-electron chi connectivity index (χ1n) is 8.52. The number of fused-ring (bicyclic) bond motifs is 3. The van der Waals surface area contributed by atoms with Gasteiger partial charge in [-0.15, -0.1) is 0 Å². The van der Waals surface area contributed by atoms with Crippen LogP contribution in [0, 0.1) is 5.82 Å². The van der Waals surface area contributed by atoms with Crippen molar-refractivity contribution in [2.45, 2.75) is 32.2 Å². The van der Waals surface area contributed by atoms with Crippen LogP contribution in [-0.4, -0.2) is 22.3 Å². The summed E-state index contributed by atoms with van der Waals surface area (Å²) in [6.07, 6.45) is 0. The van der Waals surface area contributed by atoms with Gasteiger partial charge in [0.2, 0.25) is 5.91 Å². The number of carbonyl (C=O) groups excluding carboxylic acids is 1. The monoisotopic (exact) mass is 336 g/mol. The molecule has 0 bridgehead atoms. The smallest absolute Gasteiger partial charge is 0.220 e. The predicted octanol–water partition coefficient (Wildman–Crippen LogP) is 4.54. The Bertz CT molecular complexity index is 973. The number of aromatic amines is 1. The Balaban J connectivity index is 2.03. The van der Waals surface area contributed by atoms with Gasteiger partial charge in [0.15, 0.2) is 0 Å². The molecule has 2 heterocycles. The number of amides is 1. The summed E-state index contributed by atoms with van der Waals surface area (Å²) in [5.74, 6) is -0.296. The van der Waals surface area contributed by atoms with E-state index in [4.69, 9.17) is 0 Å². The van der Waals surface area contributed by atoms with Crippen molar-refractivity contribution < 1.29 is 9.18 Å². The molecule has 4 rings (SSSR count). The van der Waals surface area contributed by atoms with Crippen molar-refractivity contribution in [3.8, 4) is 0 Å². The van der Waals surface area contributed by atoms with E-state index in [1.807, 2.05) is 29.2 Å². The minimum atomic E-state index is -0.302. The third kappa shape index (κ3) is 2.44. The van der Waals surface area contributed by atoms with Gasteiger partial charge in [-0.25, -0.2) is 4.39 Å². The lowest BCUT2D eigenvalue weighted by Crippen LogP contribution is -2.47. The van der Waals surface area contributed by atoms with Crippen LogP contribution in [0.3, 0.4) is 0 Å². The molecule has 1 unspecified atom stereocenters. The van der Waals surface area contributed by atoms with Gasteiger partial charge in [-0.1, -0.05) is 44.2 Å². The molecule has 0 aliphatic carbocycles. The van der Waals surface area contributed by atoms with E-state index < -0.39 is 0 Å². The maximum absolute atomic E-state index is 13.9. The third-order valence-corrected chi connectivity index (χ3v) is 5.13. The van der Waals surface area contributed by atoms with Crippen LogP contribution in [0.1, 0.15) is 43.6 Å². The summed E-state index contributed by atoms with van der Waals surface area (Å²) in [4.78, 5) is 17.7. The lowest BCUT2D eigenvalue weighted by molar-refractivity contribution is -0.132. The van der Waals surface area contributed by atoms with Gasteiger partial charge in [0.1, 0.15) is 5.82 Å². The highest BCUT2D eigenvalue weighted by molar-refractivity contribution is 5.87. The molecular formula is C21H21FN2O. The Labute approximate surface area is 146 Å². The first kappa shape index (κ1) is 15.9. The fraction of sp³-hybridized carbons (Fsp3) is 0.286. The molecular weight excluding hydrogens is 315 g/mol. The first-order valence-corrected chi connectivity index (χ1v) is 8.52. The van der Waals surface area contributed by atoms with E-state index in [1.54, 1.807) is 13.0 Å². The third-order valence-electron chi connectivity index (χ3n) is 5.13. The second-order valence-corrected chi connectivity index (χ2v) is 7.45. The largest absolute Gasteiger partial charge is 0.356 e. The zero-order valence-electron chi connectivity index (χ0n) is 14.6. The van der Waals surface area contributed by atoms with Crippen LogP contribution in [0.5, 0.6) is 0 Å². The highest BCUT2D eigenvalue weighted by Gasteiger charge is 2.42. The quantitative estimate of drug-likeness (QED) is 0.696. The van der Waals surface area contributed by atoms with Gasteiger partial charge >= 0.3 is 0 Å². The van der Waals surface area contributed by atoms with E-state index in [0.717, 1.165) is 16.8 Å². The summed E-state index contributed by atoms with van der Waals surface area (Å²) < 4.78 is 13.9. The number of rotatable bonds is 1. The van der Waals surface area contributed by atoms with E-state index in [1.165, 1.54) is 23.1 Å². The average molecular weight is 336 g/mol. The number of nitrogens with zero attached hydrogens (tertiary/aromatic N) is 1. The molecule has 0 spiro atoms. The van der Waals surface area contributed by atoms with Gasteiger partial charge in [0.25, 0.3) is 0 Å². The minimum Gasteiger partial charge on any atom is -0.356 e. The molecule has 4 heteroatoms. The standard InChI is InChI=1S/C21H21FN2O/c1-13(25)24-12-21(2,3)18-16-9-4-5-10-17(16)23-19(18)20(24)14-7-6-8-15(22)11-14/h4-11,20,23H,12H2,1-3H3. The Morgan fingerprint density at radius 2 is 1.96 bits per heavy atom. The van der Waals surface area contributed by atoms with Crippen molar-refractivity contribution in [3.63, 3.8) is 0 Å². The molecule has 1 aliphatic rings. The zero-order valence-corrected chi connectivity index (χ0v) is 14.6. The molecule has 1 N–H and O–H groups in total. The van der Waals surface area contributed by atoms with Gasteiger partial charge < -0.3 is 9.88 Å². The van der Waals surface area contributed by atoms with E-state index in [2.05, 4.69) is 24.9 Å². The number of hydrogen-bond donors (Lipinski definition) is 1. The van der Waals surface area contributed by atoms with Crippen LogP contribution in [-0.2, 0) is 10.2 Å². The Kier molecular flexibility index (Phi) is 3.46. The van der Waals surface area contributed by atoms with Crippen LogP contribution in [0.15, 0.2) is 48.5 Å². The number of para-hydroxylation sites is 1. The molecule has 1 atom stereocenters. The molecule has 25 heavy (non-hydrogen) atoms. The van der Waals surface area contributed by atoms with Crippen LogP contribution >= 0.6 is 0 Å². The van der Waals surface area contributed by atoms with E-state index in [9.17, 15) is 9.18 Å². The summed E-state index contributed by atoms with van der Waals surface area (Å²) in [5.41, 5.74) is 3.85. The van der Waals surface area contributed by atoms with Gasteiger partial charge in [-0.05, 0) is 29.3 Å². The van der Waals surface area contributed by atoms with Crippen molar-refractivity contribution in [2.75, 3.05) is 6.54 Å². The summed E-state index contributed by atoms with van der Waals surface area (Å²) in [5, 5.41) is 1.17. The van der Waals surface area contributed by atoms with E-state index >= 15 is 0 Å². The zero-order chi connectivity index (χ0) is 17.8. The van der Waals surface area contributed by atoms with Gasteiger partial charge in [0.05, 0.1) is 6.04 Å². The van der Waals surface area contributed by atoms with Gasteiger partial charge in [-0.3, -0.25) is 4.79 Å². The normalized spacial score (nSPS) is 19.0. The van der Waals surface area contributed by atoms with Crippen molar-refractivity contribution in [1.82, 2.24) is 9.88 Å². The molecule has 2 aromatic carbocycles. The van der Waals surface area contributed by atoms with E-state index in [0.29, 0.717) is 6.54 Å². The molecule has 128 valence electrons. The topological polar surface area (TPSA) is 36.1 Å². The fourth-order valence-corrected chi connectivity index (χ4v) is 4.17. The maximum atomic E-state index is 13.9. The summed E-state index contributed by atoms with van der Waals surface area (Å²) in [6.45, 7) is 6.49. The lowest BCUT2D eigenvalue weighted by Gasteiger charge is -2.43. The number of carbonyl (C=O) groups is 1. The number of H-pyrrole nitrogens is 1. The first-order chi connectivity index (χ1) is 11.9. The number of hydrogen-bond acceptors (Lipinski definition) is 1. The maximum Gasteiger partial charge on any atom is 0.220 e. The highest BCUT2D eigenvalue weighted by Crippen LogP contribution is 2.45. The molecule has 0 saturated heterocycles. The molecule has 1 aliphatic heterocycles.